The second kappa shape index (κ2) is 6.24. The number of hydrogen-bond donors (Lipinski definition) is 2. The molecule has 108 valence electrons. The zero-order valence-electron chi connectivity index (χ0n) is 10.7. The Kier molecular flexibility index (Phi) is 5.41. The van der Waals surface area contributed by atoms with Gasteiger partial charge >= 0.3 is 6.18 Å². The fourth-order valence-corrected chi connectivity index (χ4v) is 2.27. The van der Waals surface area contributed by atoms with Crippen LogP contribution >= 0.6 is 15.9 Å². The van der Waals surface area contributed by atoms with Crippen molar-refractivity contribution in [1.82, 2.24) is 0 Å². The number of hydrogen-bond acceptors (Lipinski definition) is 2. The van der Waals surface area contributed by atoms with Gasteiger partial charge in [-0.25, -0.2) is 0 Å². The van der Waals surface area contributed by atoms with Crippen molar-refractivity contribution in [2.24, 2.45) is 11.7 Å². The molecule has 3 N–H and O–H groups in total. The van der Waals surface area contributed by atoms with Crippen molar-refractivity contribution < 1.29 is 18.3 Å². The van der Waals surface area contributed by atoms with Gasteiger partial charge in [-0.3, -0.25) is 0 Å². The van der Waals surface area contributed by atoms with Crippen molar-refractivity contribution in [2.75, 3.05) is 0 Å². The highest BCUT2D eigenvalue weighted by molar-refractivity contribution is 9.10. The number of rotatable bonds is 4. The molecule has 3 atom stereocenters. The molecule has 1 aromatic rings. The molecule has 0 saturated carbocycles. The largest absolute Gasteiger partial charge is 0.416 e. The van der Waals surface area contributed by atoms with E-state index in [0.29, 0.717) is 10.9 Å². The maximum Gasteiger partial charge on any atom is 0.416 e. The molecule has 0 radical (unpaired) electrons. The minimum Gasteiger partial charge on any atom is -0.391 e. The Hall–Kier alpha value is -0.590. The maximum atomic E-state index is 12.7. The number of aliphatic hydroxyl groups excluding tert-OH is 1. The van der Waals surface area contributed by atoms with Crippen molar-refractivity contribution >= 4 is 15.9 Å². The predicted molar refractivity (Wildman–Crippen MR) is 71.5 cm³/mol. The van der Waals surface area contributed by atoms with Crippen molar-refractivity contribution in [3.63, 3.8) is 0 Å². The Labute approximate surface area is 118 Å². The SMILES string of the molecule is CCC(C)[C@H](O)[C@H](N)c1cc(C(F)(F)F)ccc1Br. The number of nitrogens with two attached hydrogens (primary N) is 1. The van der Waals surface area contributed by atoms with Gasteiger partial charge in [0, 0.05) is 4.47 Å². The standard InChI is InChI=1S/C13H17BrF3NO/c1-3-7(2)12(19)11(18)9-6-8(13(15,16)17)4-5-10(9)14/h4-7,11-12,19H,3,18H2,1-2H3/t7?,11-,12+/m1/s1. The van der Waals surface area contributed by atoms with Crippen molar-refractivity contribution in [2.45, 2.75) is 38.6 Å². The zero-order chi connectivity index (χ0) is 14.8. The molecule has 0 aliphatic heterocycles. The Morgan fingerprint density at radius 1 is 1.37 bits per heavy atom. The summed E-state index contributed by atoms with van der Waals surface area (Å²) in [5.41, 5.74) is 5.38. The molecule has 19 heavy (non-hydrogen) atoms. The van der Waals surface area contributed by atoms with E-state index < -0.39 is 23.9 Å². The Balaban J connectivity index is 3.12. The molecular weight excluding hydrogens is 323 g/mol. The summed E-state index contributed by atoms with van der Waals surface area (Å²) in [6, 6.07) is 2.42. The summed E-state index contributed by atoms with van der Waals surface area (Å²) < 4.78 is 38.5. The van der Waals surface area contributed by atoms with Gasteiger partial charge in [-0.1, -0.05) is 36.2 Å². The highest BCUT2D eigenvalue weighted by Crippen LogP contribution is 2.35. The van der Waals surface area contributed by atoms with E-state index in [4.69, 9.17) is 5.73 Å². The third-order valence-electron chi connectivity index (χ3n) is 3.28. The lowest BCUT2D eigenvalue weighted by molar-refractivity contribution is -0.137. The molecular formula is C13H17BrF3NO. The van der Waals surface area contributed by atoms with Crippen LogP contribution < -0.4 is 5.73 Å². The fourth-order valence-electron chi connectivity index (χ4n) is 1.75. The summed E-state index contributed by atoms with van der Waals surface area (Å²) in [5, 5.41) is 10.0. The molecule has 0 fully saturated rings. The molecule has 0 spiro atoms. The molecule has 1 unspecified atom stereocenters. The van der Waals surface area contributed by atoms with Crippen LogP contribution in [0, 0.1) is 5.92 Å². The highest BCUT2D eigenvalue weighted by Gasteiger charge is 2.32. The van der Waals surface area contributed by atoms with Crippen LogP contribution in [-0.2, 0) is 6.18 Å². The van der Waals surface area contributed by atoms with E-state index in [1.165, 1.54) is 6.07 Å². The number of alkyl halides is 3. The van der Waals surface area contributed by atoms with Gasteiger partial charge in [0.1, 0.15) is 0 Å². The smallest absolute Gasteiger partial charge is 0.391 e. The van der Waals surface area contributed by atoms with Gasteiger partial charge < -0.3 is 10.8 Å². The fraction of sp³-hybridized carbons (Fsp3) is 0.538. The Bertz CT molecular complexity index is 436. The molecule has 1 rings (SSSR count). The van der Waals surface area contributed by atoms with E-state index in [0.717, 1.165) is 12.1 Å². The molecule has 6 heteroatoms. The minimum absolute atomic E-state index is 0.0866. The quantitative estimate of drug-likeness (QED) is 0.874. The minimum atomic E-state index is -4.42. The van der Waals surface area contributed by atoms with Crippen LogP contribution in [0.3, 0.4) is 0 Å². The zero-order valence-corrected chi connectivity index (χ0v) is 12.3. The number of benzene rings is 1. The van der Waals surface area contributed by atoms with E-state index in [2.05, 4.69) is 15.9 Å². The average molecular weight is 340 g/mol. The van der Waals surface area contributed by atoms with Gasteiger partial charge in [-0.2, -0.15) is 13.2 Å². The average Bonchev–Trinajstić information content (AvgIpc) is 2.35. The molecule has 0 bridgehead atoms. The first-order valence-corrected chi connectivity index (χ1v) is 6.78. The first-order valence-electron chi connectivity index (χ1n) is 5.98. The predicted octanol–water partition coefficient (Wildman–Crippen LogP) is 3.87. The van der Waals surface area contributed by atoms with E-state index >= 15 is 0 Å². The lowest BCUT2D eigenvalue weighted by atomic mass is 9.91. The molecule has 2 nitrogen and oxygen atoms in total. The van der Waals surface area contributed by atoms with Gasteiger partial charge in [-0.15, -0.1) is 0 Å². The molecule has 0 aromatic heterocycles. The highest BCUT2D eigenvalue weighted by atomic mass is 79.9. The molecule has 1 aromatic carbocycles. The molecule has 0 amide bonds. The molecule has 0 aliphatic carbocycles. The molecule has 0 heterocycles. The Morgan fingerprint density at radius 3 is 2.42 bits per heavy atom. The monoisotopic (exact) mass is 339 g/mol. The first-order chi connectivity index (χ1) is 8.68. The van der Waals surface area contributed by atoms with Crippen molar-refractivity contribution in [3.05, 3.63) is 33.8 Å². The van der Waals surface area contributed by atoms with Gasteiger partial charge in [-0.05, 0) is 29.7 Å². The van der Waals surface area contributed by atoms with Crippen LogP contribution in [0.15, 0.2) is 22.7 Å². The third kappa shape index (κ3) is 3.94. The van der Waals surface area contributed by atoms with Crippen LogP contribution in [0.5, 0.6) is 0 Å². The van der Waals surface area contributed by atoms with Crippen LogP contribution in [0.2, 0.25) is 0 Å². The van der Waals surface area contributed by atoms with Crippen LogP contribution in [0.25, 0.3) is 0 Å². The summed E-state index contributed by atoms with van der Waals surface area (Å²) in [6.45, 7) is 3.70. The van der Waals surface area contributed by atoms with Crippen LogP contribution in [0.1, 0.15) is 37.4 Å². The molecule has 0 saturated heterocycles. The van der Waals surface area contributed by atoms with Crippen LogP contribution in [0.4, 0.5) is 13.2 Å². The maximum absolute atomic E-state index is 12.7. The Morgan fingerprint density at radius 2 is 1.95 bits per heavy atom. The second-order valence-electron chi connectivity index (χ2n) is 4.64. The van der Waals surface area contributed by atoms with E-state index in [-0.39, 0.29) is 11.5 Å². The first kappa shape index (κ1) is 16.5. The van der Waals surface area contributed by atoms with Crippen LogP contribution in [-0.4, -0.2) is 11.2 Å². The van der Waals surface area contributed by atoms with E-state index in [9.17, 15) is 18.3 Å². The third-order valence-corrected chi connectivity index (χ3v) is 4.00. The number of aliphatic hydroxyl groups is 1. The van der Waals surface area contributed by atoms with Gasteiger partial charge in [0.15, 0.2) is 0 Å². The molecule has 0 aliphatic rings. The normalized spacial score (nSPS) is 17.1. The van der Waals surface area contributed by atoms with Crippen molar-refractivity contribution in [3.8, 4) is 0 Å². The topological polar surface area (TPSA) is 46.2 Å². The summed E-state index contributed by atoms with van der Waals surface area (Å²) in [4.78, 5) is 0. The second-order valence-corrected chi connectivity index (χ2v) is 5.49. The van der Waals surface area contributed by atoms with Gasteiger partial charge in [0.2, 0.25) is 0 Å². The van der Waals surface area contributed by atoms with Gasteiger partial charge in [0.25, 0.3) is 0 Å². The van der Waals surface area contributed by atoms with Gasteiger partial charge in [0.05, 0.1) is 17.7 Å². The lowest BCUT2D eigenvalue weighted by Gasteiger charge is -2.25. The van der Waals surface area contributed by atoms with E-state index in [1.807, 2.05) is 13.8 Å². The van der Waals surface area contributed by atoms with E-state index in [1.54, 1.807) is 0 Å². The lowest BCUT2D eigenvalue weighted by Crippen LogP contribution is -2.32. The number of halogens is 4. The van der Waals surface area contributed by atoms with Crippen molar-refractivity contribution in [1.29, 1.82) is 0 Å². The summed E-state index contributed by atoms with van der Waals surface area (Å²) in [5.74, 6) is -0.0866. The summed E-state index contributed by atoms with van der Waals surface area (Å²) in [6.07, 6.45) is -4.60. The summed E-state index contributed by atoms with van der Waals surface area (Å²) >= 11 is 3.18. The summed E-state index contributed by atoms with van der Waals surface area (Å²) in [7, 11) is 0.